The van der Waals surface area contributed by atoms with Crippen molar-refractivity contribution in [3.8, 4) is 0 Å². The number of carbonyl (C=O) groups is 1. The van der Waals surface area contributed by atoms with Gasteiger partial charge in [0.15, 0.2) is 5.69 Å². The second kappa shape index (κ2) is 4.92. The van der Waals surface area contributed by atoms with Crippen LogP contribution in [0.2, 0.25) is 0 Å². The van der Waals surface area contributed by atoms with Crippen LogP contribution in [0.4, 0.5) is 5.82 Å². The van der Waals surface area contributed by atoms with Crippen molar-refractivity contribution in [1.29, 1.82) is 0 Å². The molecule has 1 N–H and O–H groups in total. The minimum absolute atomic E-state index is 0.230. The van der Waals surface area contributed by atoms with Crippen molar-refractivity contribution in [3.05, 3.63) is 18.1 Å². The predicted octanol–water partition coefficient (Wildman–Crippen LogP) is 2.11. The maximum atomic E-state index is 11.2. The van der Waals surface area contributed by atoms with E-state index < -0.39 is 5.97 Å². The van der Waals surface area contributed by atoms with E-state index in [9.17, 15) is 4.79 Å². The van der Waals surface area contributed by atoms with Crippen LogP contribution >= 0.6 is 0 Å². The molecule has 1 aromatic rings. The molecule has 0 spiro atoms. The van der Waals surface area contributed by atoms with Crippen LogP contribution in [0.1, 0.15) is 37.2 Å². The quantitative estimate of drug-likeness (QED) is 0.810. The van der Waals surface area contributed by atoms with Crippen LogP contribution in [0.25, 0.3) is 0 Å². The number of esters is 1. The van der Waals surface area contributed by atoms with Crippen LogP contribution in [-0.4, -0.2) is 29.6 Å². The number of aromatic nitrogens is 2. The Bertz CT molecular complexity index is 424. The number of ether oxygens (including phenoxy) is 1. The van der Waals surface area contributed by atoms with Gasteiger partial charge in [-0.15, -0.1) is 0 Å². The first-order chi connectivity index (χ1) is 8.57. The Kier molecular flexibility index (Phi) is 3.50. The largest absolute Gasteiger partial charge is 0.464 e. The molecule has 5 heteroatoms. The molecule has 2 rings (SSSR count). The normalized spacial score (nSPS) is 16.4. The zero-order valence-electron chi connectivity index (χ0n) is 11.1. The van der Waals surface area contributed by atoms with Gasteiger partial charge >= 0.3 is 5.97 Å². The lowest BCUT2D eigenvalue weighted by atomic mass is 9.92. The summed E-state index contributed by atoms with van der Waals surface area (Å²) in [6.07, 6.45) is 5.54. The van der Waals surface area contributed by atoms with Crippen LogP contribution < -0.4 is 5.32 Å². The molecule has 5 nitrogen and oxygen atoms in total. The SMILES string of the molecule is COC(=O)c1cnc(NCC2(C(C)C)CC2)cn1. The van der Waals surface area contributed by atoms with Gasteiger partial charge in [-0.25, -0.2) is 14.8 Å². The van der Waals surface area contributed by atoms with Crippen LogP contribution in [0, 0.1) is 11.3 Å². The van der Waals surface area contributed by atoms with Gasteiger partial charge in [-0.2, -0.15) is 0 Å². The van der Waals surface area contributed by atoms with E-state index in [1.54, 1.807) is 6.20 Å². The summed E-state index contributed by atoms with van der Waals surface area (Å²) in [5, 5.41) is 3.29. The molecule has 0 aliphatic heterocycles. The van der Waals surface area contributed by atoms with Gasteiger partial charge in [-0.1, -0.05) is 13.8 Å². The van der Waals surface area contributed by atoms with Gasteiger partial charge in [0.1, 0.15) is 5.82 Å². The Hall–Kier alpha value is -1.65. The Morgan fingerprint density at radius 2 is 2.17 bits per heavy atom. The Morgan fingerprint density at radius 3 is 2.61 bits per heavy atom. The van der Waals surface area contributed by atoms with E-state index in [0.717, 1.165) is 6.54 Å². The monoisotopic (exact) mass is 249 g/mol. The third kappa shape index (κ3) is 2.60. The molecule has 1 heterocycles. The Balaban J connectivity index is 1.93. The summed E-state index contributed by atoms with van der Waals surface area (Å²) < 4.78 is 4.57. The van der Waals surface area contributed by atoms with Crippen LogP contribution in [0.3, 0.4) is 0 Å². The van der Waals surface area contributed by atoms with Crippen molar-refractivity contribution in [2.75, 3.05) is 19.0 Å². The highest BCUT2D eigenvalue weighted by Crippen LogP contribution is 2.51. The van der Waals surface area contributed by atoms with Crippen LogP contribution in [-0.2, 0) is 4.74 Å². The Morgan fingerprint density at radius 1 is 1.44 bits per heavy atom. The summed E-state index contributed by atoms with van der Waals surface area (Å²) in [5.41, 5.74) is 0.649. The lowest BCUT2D eigenvalue weighted by Crippen LogP contribution is -2.21. The van der Waals surface area contributed by atoms with E-state index in [1.807, 2.05) is 0 Å². The van der Waals surface area contributed by atoms with Gasteiger partial charge < -0.3 is 10.1 Å². The summed E-state index contributed by atoms with van der Waals surface area (Å²) >= 11 is 0. The highest BCUT2D eigenvalue weighted by atomic mass is 16.5. The number of carbonyl (C=O) groups excluding carboxylic acids is 1. The molecule has 18 heavy (non-hydrogen) atoms. The maximum Gasteiger partial charge on any atom is 0.358 e. The molecule has 0 bridgehead atoms. The average Bonchev–Trinajstić information content (AvgIpc) is 3.17. The molecule has 0 saturated heterocycles. The molecule has 0 amide bonds. The van der Waals surface area contributed by atoms with Crippen LogP contribution in [0.15, 0.2) is 12.4 Å². The third-order valence-corrected chi connectivity index (χ3v) is 3.78. The summed E-state index contributed by atoms with van der Waals surface area (Å²) in [4.78, 5) is 19.4. The molecule has 1 saturated carbocycles. The molecule has 1 aliphatic carbocycles. The van der Waals surface area contributed by atoms with Crippen molar-refractivity contribution in [2.45, 2.75) is 26.7 Å². The van der Waals surface area contributed by atoms with Crippen molar-refractivity contribution >= 4 is 11.8 Å². The first kappa shape index (κ1) is 12.8. The summed E-state index contributed by atoms with van der Waals surface area (Å²) in [5.74, 6) is 0.914. The summed E-state index contributed by atoms with van der Waals surface area (Å²) in [6, 6.07) is 0. The lowest BCUT2D eigenvalue weighted by molar-refractivity contribution is 0.0593. The highest BCUT2D eigenvalue weighted by Gasteiger charge is 2.44. The summed E-state index contributed by atoms with van der Waals surface area (Å²) in [7, 11) is 1.33. The fourth-order valence-electron chi connectivity index (χ4n) is 2.01. The molecule has 98 valence electrons. The first-order valence-electron chi connectivity index (χ1n) is 6.22. The standard InChI is InChI=1S/C13H19N3O2/c1-9(2)13(4-5-13)8-16-11-7-14-10(6-15-11)12(17)18-3/h6-7,9H,4-5,8H2,1-3H3,(H,15,16). The van der Waals surface area contributed by atoms with Crippen LogP contribution in [0.5, 0.6) is 0 Å². The third-order valence-electron chi connectivity index (χ3n) is 3.78. The van der Waals surface area contributed by atoms with Crippen molar-refractivity contribution < 1.29 is 9.53 Å². The van der Waals surface area contributed by atoms with Gasteiger partial charge in [-0.05, 0) is 24.2 Å². The number of hydrogen-bond donors (Lipinski definition) is 1. The number of hydrogen-bond acceptors (Lipinski definition) is 5. The summed E-state index contributed by atoms with van der Waals surface area (Å²) in [6.45, 7) is 5.42. The number of anilines is 1. The molecular weight excluding hydrogens is 230 g/mol. The average molecular weight is 249 g/mol. The minimum atomic E-state index is -0.463. The highest BCUT2D eigenvalue weighted by molar-refractivity contribution is 5.86. The van der Waals surface area contributed by atoms with Gasteiger partial charge in [0.2, 0.25) is 0 Å². The fourth-order valence-corrected chi connectivity index (χ4v) is 2.01. The van der Waals surface area contributed by atoms with Crippen molar-refractivity contribution in [2.24, 2.45) is 11.3 Å². The van der Waals surface area contributed by atoms with E-state index in [1.165, 1.54) is 26.1 Å². The Labute approximate surface area is 107 Å². The minimum Gasteiger partial charge on any atom is -0.464 e. The van der Waals surface area contributed by atoms with E-state index in [0.29, 0.717) is 17.2 Å². The zero-order chi connectivity index (χ0) is 13.2. The second-order valence-corrected chi connectivity index (χ2v) is 5.15. The van der Waals surface area contributed by atoms with E-state index in [2.05, 4.69) is 33.9 Å². The molecule has 0 atom stereocenters. The number of nitrogens with zero attached hydrogens (tertiary/aromatic N) is 2. The lowest BCUT2D eigenvalue weighted by Gasteiger charge is -2.20. The number of rotatable bonds is 5. The van der Waals surface area contributed by atoms with Crippen molar-refractivity contribution in [3.63, 3.8) is 0 Å². The molecule has 0 aromatic carbocycles. The molecule has 1 aliphatic rings. The molecule has 0 radical (unpaired) electrons. The zero-order valence-corrected chi connectivity index (χ0v) is 11.1. The maximum absolute atomic E-state index is 11.2. The fraction of sp³-hybridized carbons (Fsp3) is 0.615. The first-order valence-corrected chi connectivity index (χ1v) is 6.22. The van der Waals surface area contributed by atoms with Gasteiger partial charge in [0.25, 0.3) is 0 Å². The van der Waals surface area contributed by atoms with Gasteiger partial charge in [-0.3, -0.25) is 0 Å². The van der Waals surface area contributed by atoms with E-state index in [-0.39, 0.29) is 5.69 Å². The second-order valence-electron chi connectivity index (χ2n) is 5.15. The predicted molar refractivity (Wildman–Crippen MR) is 68.4 cm³/mol. The molecule has 0 unspecified atom stereocenters. The molecule has 1 fully saturated rings. The molecule has 1 aromatic heterocycles. The van der Waals surface area contributed by atoms with E-state index >= 15 is 0 Å². The number of methoxy groups -OCH3 is 1. The topological polar surface area (TPSA) is 64.1 Å². The van der Waals surface area contributed by atoms with Crippen molar-refractivity contribution in [1.82, 2.24) is 9.97 Å². The van der Waals surface area contributed by atoms with Gasteiger partial charge in [0.05, 0.1) is 19.5 Å². The number of nitrogens with one attached hydrogen (secondary N) is 1. The molecular formula is C13H19N3O2. The van der Waals surface area contributed by atoms with E-state index in [4.69, 9.17) is 0 Å². The van der Waals surface area contributed by atoms with Gasteiger partial charge in [0, 0.05) is 6.54 Å². The smallest absolute Gasteiger partial charge is 0.358 e.